The average Bonchev–Trinajstić information content (AvgIpc) is 3.09. The maximum Gasteiger partial charge on any atom is 0.255 e. The number of amides is 1. The second kappa shape index (κ2) is 7.40. The Labute approximate surface area is 138 Å². The summed E-state index contributed by atoms with van der Waals surface area (Å²) in [6.45, 7) is 1.22. The average molecular weight is 333 g/mol. The van der Waals surface area contributed by atoms with Gasteiger partial charge in [-0.1, -0.05) is 6.07 Å². The van der Waals surface area contributed by atoms with E-state index < -0.39 is 17.5 Å². The van der Waals surface area contributed by atoms with Gasteiger partial charge in [0.15, 0.2) is 11.6 Å². The molecule has 0 radical (unpaired) electrons. The summed E-state index contributed by atoms with van der Waals surface area (Å²) < 4.78 is 37.3. The van der Waals surface area contributed by atoms with Gasteiger partial charge in [0.1, 0.15) is 12.4 Å². The van der Waals surface area contributed by atoms with Crippen molar-refractivity contribution < 1.29 is 23.0 Å². The molecule has 0 aromatic heterocycles. The third-order valence-corrected chi connectivity index (χ3v) is 3.73. The van der Waals surface area contributed by atoms with Crippen molar-refractivity contribution >= 4 is 11.6 Å². The number of halogens is 2. The Hall–Kier alpha value is -2.47. The van der Waals surface area contributed by atoms with Gasteiger partial charge in [0.05, 0.1) is 6.10 Å². The Morgan fingerprint density at radius 1 is 1.21 bits per heavy atom. The molecule has 1 saturated heterocycles. The number of carbonyl (C=O) groups is 1. The number of benzene rings is 2. The molecule has 0 saturated carbocycles. The zero-order valence-corrected chi connectivity index (χ0v) is 12.9. The zero-order valence-electron chi connectivity index (χ0n) is 12.9. The maximum atomic E-state index is 13.2. The number of carbonyl (C=O) groups excluding carboxylic acids is 1. The topological polar surface area (TPSA) is 47.6 Å². The predicted octanol–water partition coefficient (Wildman–Crippen LogP) is 3.77. The van der Waals surface area contributed by atoms with Crippen molar-refractivity contribution in [2.75, 3.05) is 18.5 Å². The van der Waals surface area contributed by atoms with Crippen molar-refractivity contribution in [1.29, 1.82) is 0 Å². The molecule has 3 rings (SSSR count). The second-order valence-electron chi connectivity index (χ2n) is 5.56. The first-order valence-corrected chi connectivity index (χ1v) is 7.73. The van der Waals surface area contributed by atoms with Crippen molar-refractivity contribution in [3.05, 3.63) is 59.7 Å². The highest BCUT2D eigenvalue weighted by atomic mass is 19.2. The molecule has 1 aliphatic rings. The summed E-state index contributed by atoms with van der Waals surface area (Å²) in [6, 6.07) is 9.90. The van der Waals surface area contributed by atoms with Crippen LogP contribution in [0, 0.1) is 11.6 Å². The van der Waals surface area contributed by atoms with E-state index in [0.717, 1.165) is 31.6 Å². The lowest BCUT2D eigenvalue weighted by atomic mass is 10.2. The van der Waals surface area contributed by atoms with Gasteiger partial charge in [-0.15, -0.1) is 0 Å². The Bertz CT molecular complexity index is 730. The number of hydrogen-bond donors (Lipinski definition) is 1. The van der Waals surface area contributed by atoms with Crippen LogP contribution < -0.4 is 10.1 Å². The molecular formula is C18H17F2NO3. The fourth-order valence-corrected chi connectivity index (χ4v) is 2.47. The molecule has 6 heteroatoms. The first kappa shape index (κ1) is 16.4. The molecule has 1 fully saturated rings. The van der Waals surface area contributed by atoms with E-state index in [-0.39, 0.29) is 11.7 Å². The van der Waals surface area contributed by atoms with Gasteiger partial charge in [0.25, 0.3) is 5.91 Å². The predicted molar refractivity (Wildman–Crippen MR) is 85.2 cm³/mol. The SMILES string of the molecule is O=C(Nc1cccc(OCC2CCCO2)c1)c1ccc(F)c(F)c1. The van der Waals surface area contributed by atoms with Crippen LogP contribution in [0.25, 0.3) is 0 Å². The van der Waals surface area contributed by atoms with Crippen LogP contribution in [0.5, 0.6) is 5.75 Å². The molecule has 1 unspecified atom stereocenters. The van der Waals surface area contributed by atoms with Crippen molar-refractivity contribution in [3.63, 3.8) is 0 Å². The molecule has 0 aliphatic carbocycles. The van der Waals surface area contributed by atoms with Crippen molar-refractivity contribution in [3.8, 4) is 5.75 Å². The van der Waals surface area contributed by atoms with E-state index in [2.05, 4.69) is 5.32 Å². The number of rotatable bonds is 5. The highest BCUT2D eigenvalue weighted by molar-refractivity contribution is 6.04. The smallest absolute Gasteiger partial charge is 0.255 e. The maximum absolute atomic E-state index is 13.2. The molecule has 126 valence electrons. The molecule has 2 aromatic carbocycles. The molecule has 1 N–H and O–H groups in total. The number of ether oxygens (including phenoxy) is 2. The molecule has 0 spiro atoms. The molecular weight excluding hydrogens is 316 g/mol. The van der Waals surface area contributed by atoms with E-state index in [4.69, 9.17) is 9.47 Å². The fourth-order valence-electron chi connectivity index (χ4n) is 2.47. The summed E-state index contributed by atoms with van der Waals surface area (Å²) in [4.78, 5) is 12.1. The lowest BCUT2D eigenvalue weighted by Gasteiger charge is -2.12. The lowest BCUT2D eigenvalue weighted by Crippen LogP contribution is -2.16. The summed E-state index contributed by atoms with van der Waals surface area (Å²) in [5, 5.41) is 2.63. The molecule has 1 amide bonds. The second-order valence-corrected chi connectivity index (χ2v) is 5.56. The summed E-state index contributed by atoms with van der Waals surface area (Å²) in [6.07, 6.45) is 2.12. The normalized spacial score (nSPS) is 16.8. The van der Waals surface area contributed by atoms with Gasteiger partial charge in [0, 0.05) is 23.9 Å². The van der Waals surface area contributed by atoms with E-state index in [0.29, 0.717) is 18.0 Å². The molecule has 24 heavy (non-hydrogen) atoms. The van der Waals surface area contributed by atoms with Crippen LogP contribution in [-0.2, 0) is 4.74 Å². The summed E-state index contributed by atoms with van der Waals surface area (Å²) >= 11 is 0. The highest BCUT2D eigenvalue weighted by Crippen LogP contribution is 2.20. The van der Waals surface area contributed by atoms with Gasteiger partial charge in [0.2, 0.25) is 0 Å². The van der Waals surface area contributed by atoms with Gasteiger partial charge < -0.3 is 14.8 Å². The van der Waals surface area contributed by atoms with Crippen molar-refractivity contribution in [1.82, 2.24) is 0 Å². The quantitative estimate of drug-likeness (QED) is 0.906. The van der Waals surface area contributed by atoms with Crippen LogP contribution >= 0.6 is 0 Å². The highest BCUT2D eigenvalue weighted by Gasteiger charge is 2.16. The molecule has 1 heterocycles. The minimum atomic E-state index is -1.06. The summed E-state index contributed by atoms with van der Waals surface area (Å²) in [5.41, 5.74) is 0.550. The minimum absolute atomic E-state index is 0.0413. The van der Waals surface area contributed by atoms with Crippen LogP contribution in [0.1, 0.15) is 23.2 Å². The van der Waals surface area contributed by atoms with Crippen LogP contribution in [0.3, 0.4) is 0 Å². The first-order chi connectivity index (χ1) is 11.6. The third-order valence-electron chi connectivity index (χ3n) is 3.73. The third kappa shape index (κ3) is 4.08. The van der Waals surface area contributed by atoms with Crippen molar-refractivity contribution in [2.45, 2.75) is 18.9 Å². The van der Waals surface area contributed by atoms with Crippen LogP contribution in [-0.4, -0.2) is 25.2 Å². The molecule has 1 atom stereocenters. The molecule has 2 aromatic rings. The fraction of sp³-hybridized carbons (Fsp3) is 0.278. The Balaban J connectivity index is 1.62. The summed E-state index contributed by atoms with van der Waals surface area (Å²) in [7, 11) is 0. The number of hydrogen-bond acceptors (Lipinski definition) is 3. The van der Waals surface area contributed by atoms with Gasteiger partial charge in [-0.25, -0.2) is 8.78 Å². The monoisotopic (exact) mass is 333 g/mol. The van der Waals surface area contributed by atoms with Crippen LogP contribution in [0.2, 0.25) is 0 Å². The van der Waals surface area contributed by atoms with Crippen LogP contribution in [0.4, 0.5) is 14.5 Å². The summed E-state index contributed by atoms with van der Waals surface area (Å²) in [5.74, 6) is -1.97. The van der Waals surface area contributed by atoms with Crippen LogP contribution in [0.15, 0.2) is 42.5 Å². The minimum Gasteiger partial charge on any atom is -0.491 e. The zero-order chi connectivity index (χ0) is 16.9. The Kier molecular flexibility index (Phi) is 5.05. The standard InChI is InChI=1S/C18H17F2NO3/c19-16-7-6-12(9-17(16)20)18(22)21-13-3-1-4-14(10-13)24-11-15-5-2-8-23-15/h1,3-4,6-7,9-10,15H,2,5,8,11H2,(H,21,22). The van der Waals surface area contributed by atoms with Gasteiger partial charge in [-0.05, 0) is 43.2 Å². The number of anilines is 1. The first-order valence-electron chi connectivity index (χ1n) is 7.73. The number of nitrogens with one attached hydrogen (secondary N) is 1. The molecule has 1 aliphatic heterocycles. The van der Waals surface area contributed by atoms with Crippen molar-refractivity contribution in [2.24, 2.45) is 0 Å². The Morgan fingerprint density at radius 2 is 2.08 bits per heavy atom. The van der Waals surface area contributed by atoms with Gasteiger partial charge in [-0.3, -0.25) is 4.79 Å². The van der Waals surface area contributed by atoms with E-state index >= 15 is 0 Å². The Morgan fingerprint density at radius 3 is 2.83 bits per heavy atom. The van der Waals surface area contributed by atoms with Gasteiger partial charge in [-0.2, -0.15) is 0 Å². The lowest BCUT2D eigenvalue weighted by molar-refractivity contribution is 0.0680. The van der Waals surface area contributed by atoms with E-state index in [1.807, 2.05) is 0 Å². The van der Waals surface area contributed by atoms with Gasteiger partial charge >= 0.3 is 0 Å². The van der Waals surface area contributed by atoms with E-state index in [1.165, 1.54) is 6.07 Å². The molecule has 4 nitrogen and oxygen atoms in total. The van der Waals surface area contributed by atoms with E-state index in [1.54, 1.807) is 24.3 Å². The largest absolute Gasteiger partial charge is 0.491 e. The molecule has 0 bridgehead atoms. The van der Waals surface area contributed by atoms with E-state index in [9.17, 15) is 13.6 Å².